The summed E-state index contributed by atoms with van der Waals surface area (Å²) in [4.78, 5) is 4.35. The standard InChI is InChI=1S/C17H23NSi/c1-12-7-8-15(13(2)9-12)16-10-14(3)17(11-18-16)19(4,5)6/h7-11H,1-6H3/i1D3,2D3,3D3. The summed E-state index contributed by atoms with van der Waals surface area (Å²) in [6.07, 6.45) is 1.52. The average molecular weight is 279 g/mol. The van der Waals surface area contributed by atoms with Gasteiger partial charge in [0.05, 0.1) is 13.8 Å². The van der Waals surface area contributed by atoms with Gasteiger partial charge in [0.25, 0.3) is 0 Å². The summed E-state index contributed by atoms with van der Waals surface area (Å²) in [5, 5.41) is 0.686. The topological polar surface area (TPSA) is 12.9 Å². The fraction of sp³-hybridized carbons (Fsp3) is 0.353. The third-order valence-corrected chi connectivity index (χ3v) is 5.02. The maximum absolute atomic E-state index is 7.89. The van der Waals surface area contributed by atoms with E-state index in [9.17, 15) is 0 Å². The highest BCUT2D eigenvalue weighted by atomic mass is 28.3. The second kappa shape index (κ2) is 4.93. The fourth-order valence-electron chi connectivity index (χ4n) is 1.97. The van der Waals surface area contributed by atoms with Gasteiger partial charge in [0.1, 0.15) is 0 Å². The lowest BCUT2D eigenvalue weighted by Gasteiger charge is -2.19. The molecule has 0 aliphatic heterocycles. The van der Waals surface area contributed by atoms with Gasteiger partial charge in [-0.3, -0.25) is 4.98 Å². The second-order valence-corrected chi connectivity index (χ2v) is 10.7. The Bertz CT molecular complexity index is 874. The molecule has 0 N–H and O–H groups in total. The summed E-state index contributed by atoms with van der Waals surface area (Å²) in [5.41, 5.74) is 0.327. The first-order chi connectivity index (χ1) is 12.4. The van der Waals surface area contributed by atoms with Crippen molar-refractivity contribution in [1.82, 2.24) is 4.98 Å². The molecule has 0 fully saturated rings. The van der Waals surface area contributed by atoms with Crippen molar-refractivity contribution in [3.8, 4) is 11.3 Å². The molecule has 1 heterocycles. The normalized spacial score (nSPS) is 20.7. The number of hydrogen-bond donors (Lipinski definition) is 0. The van der Waals surface area contributed by atoms with Crippen molar-refractivity contribution in [3.05, 3.63) is 47.2 Å². The van der Waals surface area contributed by atoms with Crippen LogP contribution in [0, 0.1) is 20.6 Å². The van der Waals surface area contributed by atoms with Gasteiger partial charge in [-0.1, -0.05) is 43.4 Å². The SMILES string of the molecule is [2H]C([2H])([2H])c1ccc(-c2cc(C([2H])([2H])[2H])c([Si](C)(C)C)cn2)c(C([2H])([2H])[2H])c1. The summed E-state index contributed by atoms with van der Waals surface area (Å²) in [5.74, 6) is 0. The molecule has 100 valence electrons. The van der Waals surface area contributed by atoms with E-state index in [-0.39, 0.29) is 27.9 Å². The molecule has 0 saturated carbocycles. The molecular weight excluding hydrogens is 246 g/mol. The van der Waals surface area contributed by atoms with Crippen molar-refractivity contribution in [2.75, 3.05) is 0 Å². The summed E-state index contributed by atoms with van der Waals surface area (Å²) in [7, 11) is -2.00. The maximum atomic E-state index is 7.89. The van der Waals surface area contributed by atoms with E-state index in [4.69, 9.17) is 12.3 Å². The van der Waals surface area contributed by atoms with Crippen molar-refractivity contribution in [1.29, 1.82) is 0 Å². The molecule has 1 aromatic heterocycles. The zero-order valence-corrected chi connectivity index (χ0v) is 12.3. The summed E-state index contributed by atoms with van der Waals surface area (Å²) in [6.45, 7) is -1.35. The van der Waals surface area contributed by atoms with Crippen molar-refractivity contribution in [2.45, 2.75) is 40.2 Å². The number of hydrogen-bond acceptors (Lipinski definition) is 1. The minimum absolute atomic E-state index is 0.0860. The lowest BCUT2D eigenvalue weighted by atomic mass is 10.0. The van der Waals surface area contributed by atoms with E-state index < -0.39 is 28.6 Å². The number of rotatable bonds is 2. The van der Waals surface area contributed by atoms with Crippen molar-refractivity contribution in [2.24, 2.45) is 0 Å². The predicted octanol–water partition coefficient (Wildman–Crippen LogP) is 4.22. The summed E-state index contributed by atoms with van der Waals surface area (Å²) >= 11 is 0. The molecule has 19 heavy (non-hydrogen) atoms. The molecule has 0 bridgehead atoms. The minimum Gasteiger partial charge on any atom is -0.256 e. The van der Waals surface area contributed by atoms with E-state index in [1.54, 1.807) is 0 Å². The van der Waals surface area contributed by atoms with Crippen LogP contribution in [0.4, 0.5) is 0 Å². The molecule has 0 spiro atoms. The Balaban J connectivity index is 2.78. The highest BCUT2D eigenvalue weighted by molar-refractivity contribution is 6.89. The zero-order valence-electron chi connectivity index (χ0n) is 20.3. The van der Waals surface area contributed by atoms with E-state index in [1.165, 1.54) is 24.4 Å². The van der Waals surface area contributed by atoms with Crippen molar-refractivity contribution in [3.63, 3.8) is 0 Å². The number of nitrogens with zero attached hydrogens (tertiary/aromatic N) is 1. The average Bonchev–Trinajstić information content (AvgIpc) is 2.50. The summed E-state index contributed by atoms with van der Waals surface area (Å²) in [6, 6.07) is 5.28. The summed E-state index contributed by atoms with van der Waals surface area (Å²) < 4.78 is 69.6. The lowest BCUT2D eigenvalue weighted by molar-refractivity contribution is 1.28. The zero-order chi connectivity index (χ0) is 21.7. The molecule has 2 aromatic rings. The van der Waals surface area contributed by atoms with Gasteiger partial charge < -0.3 is 0 Å². The van der Waals surface area contributed by atoms with Crippen LogP contribution in [0.15, 0.2) is 30.5 Å². The molecule has 2 rings (SSSR count). The van der Waals surface area contributed by atoms with Gasteiger partial charge >= 0.3 is 0 Å². The Morgan fingerprint density at radius 2 is 1.79 bits per heavy atom. The Labute approximate surface area is 130 Å². The van der Waals surface area contributed by atoms with Crippen LogP contribution in [0.1, 0.15) is 29.0 Å². The first kappa shape index (κ1) is 6.36. The molecule has 0 unspecified atom stereocenters. The molecule has 1 aromatic carbocycles. The van der Waals surface area contributed by atoms with E-state index in [0.717, 1.165) is 6.07 Å². The van der Waals surface area contributed by atoms with Gasteiger partial charge in [-0.25, -0.2) is 0 Å². The molecule has 0 radical (unpaired) electrons. The quantitative estimate of drug-likeness (QED) is 0.750. The smallest absolute Gasteiger partial charge is 0.0799 e. The second-order valence-electron chi connectivity index (χ2n) is 5.63. The van der Waals surface area contributed by atoms with E-state index in [2.05, 4.69) is 4.98 Å². The third kappa shape index (κ3) is 2.95. The molecule has 1 nitrogen and oxygen atoms in total. The van der Waals surface area contributed by atoms with Crippen LogP contribution >= 0.6 is 0 Å². The molecule has 0 amide bonds. The first-order valence-corrected chi connectivity index (χ1v) is 9.59. The largest absolute Gasteiger partial charge is 0.256 e. The number of benzene rings is 1. The van der Waals surface area contributed by atoms with Gasteiger partial charge in [-0.2, -0.15) is 0 Å². The molecule has 0 atom stereocenters. The highest BCUT2D eigenvalue weighted by Gasteiger charge is 2.19. The maximum Gasteiger partial charge on any atom is 0.0799 e. The van der Waals surface area contributed by atoms with Gasteiger partial charge in [-0.15, -0.1) is 0 Å². The van der Waals surface area contributed by atoms with Gasteiger partial charge in [0.2, 0.25) is 0 Å². The molecular formula is C17H23NSi. The van der Waals surface area contributed by atoms with Crippen LogP contribution in [0.2, 0.25) is 19.6 Å². The van der Waals surface area contributed by atoms with E-state index in [0.29, 0.717) is 5.19 Å². The highest BCUT2D eigenvalue weighted by Crippen LogP contribution is 2.23. The number of aromatic nitrogens is 1. The minimum atomic E-state index is -2.57. The van der Waals surface area contributed by atoms with Gasteiger partial charge in [-0.05, 0) is 42.9 Å². The molecule has 0 saturated heterocycles. The van der Waals surface area contributed by atoms with E-state index in [1.807, 2.05) is 19.6 Å². The van der Waals surface area contributed by atoms with Crippen molar-refractivity contribution < 1.29 is 12.3 Å². The third-order valence-electron chi connectivity index (χ3n) is 3.01. The fourth-order valence-corrected chi connectivity index (χ4v) is 3.30. The Morgan fingerprint density at radius 3 is 2.42 bits per heavy atom. The van der Waals surface area contributed by atoms with Crippen LogP contribution in [0.3, 0.4) is 0 Å². The van der Waals surface area contributed by atoms with Crippen LogP contribution in [-0.4, -0.2) is 13.1 Å². The van der Waals surface area contributed by atoms with Crippen LogP contribution < -0.4 is 5.19 Å². The van der Waals surface area contributed by atoms with Crippen LogP contribution in [0.25, 0.3) is 11.3 Å². The van der Waals surface area contributed by atoms with Crippen molar-refractivity contribution >= 4 is 13.3 Å². The Kier molecular flexibility index (Phi) is 1.65. The van der Waals surface area contributed by atoms with Gasteiger partial charge in [0.15, 0.2) is 0 Å². The predicted molar refractivity (Wildman–Crippen MR) is 86.9 cm³/mol. The molecule has 2 heteroatoms. The van der Waals surface area contributed by atoms with Gasteiger partial charge in [0, 0.05) is 24.1 Å². The number of aryl methyl sites for hydroxylation is 3. The van der Waals surface area contributed by atoms with Crippen LogP contribution in [-0.2, 0) is 0 Å². The first-order valence-electron chi connectivity index (χ1n) is 10.6. The van der Waals surface area contributed by atoms with Crippen LogP contribution in [0.5, 0.6) is 0 Å². The lowest BCUT2D eigenvalue weighted by Crippen LogP contribution is -2.39. The molecule has 0 aliphatic carbocycles. The number of pyridine rings is 1. The van der Waals surface area contributed by atoms with E-state index >= 15 is 0 Å². The Hall–Kier alpha value is -1.41. The molecule has 0 aliphatic rings. The Morgan fingerprint density at radius 1 is 1.00 bits per heavy atom. The monoisotopic (exact) mass is 278 g/mol.